The lowest BCUT2D eigenvalue weighted by Gasteiger charge is -2.19. The van der Waals surface area contributed by atoms with Crippen molar-refractivity contribution in [3.05, 3.63) is 0 Å². The second-order valence-corrected chi connectivity index (χ2v) is 7.03. The molecule has 0 rings (SSSR count). The molecular formula is C17H33NO3. The number of rotatable bonds is 10. The maximum absolute atomic E-state index is 11.6. The molecule has 0 aliphatic heterocycles. The van der Waals surface area contributed by atoms with Gasteiger partial charge in [0.15, 0.2) is 0 Å². The van der Waals surface area contributed by atoms with E-state index in [1.807, 2.05) is 20.8 Å². The standard InChI is InChI=1S/C17H33NO3/c1-14(2)10-8-6-7-9-13-18-15(19)11-12-16(20)21-17(3,4)5/h14H,6-13H2,1-5H3,(H,18,19). The molecule has 0 saturated carbocycles. The number of amides is 1. The first-order valence-corrected chi connectivity index (χ1v) is 8.19. The van der Waals surface area contributed by atoms with Crippen LogP contribution < -0.4 is 5.32 Å². The SMILES string of the molecule is CC(C)CCCCCCNC(=O)CCC(=O)OC(C)(C)C. The van der Waals surface area contributed by atoms with E-state index in [-0.39, 0.29) is 24.7 Å². The highest BCUT2D eigenvalue weighted by Crippen LogP contribution is 2.10. The summed E-state index contributed by atoms with van der Waals surface area (Å²) < 4.78 is 5.16. The molecule has 0 aromatic carbocycles. The van der Waals surface area contributed by atoms with Gasteiger partial charge in [0.05, 0.1) is 6.42 Å². The van der Waals surface area contributed by atoms with Crippen molar-refractivity contribution in [1.29, 1.82) is 0 Å². The highest BCUT2D eigenvalue weighted by molar-refractivity contribution is 5.81. The molecule has 1 N–H and O–H groups in total. The van der Waals surface area contributed by atoms with Crippen LogP contribution in [0.25, 0.3) is 0 Å². The van der Waals surface area contributed by atoms with Crippen molar-refractivity contribution in [1.82, 2.24) is 5.32 Å². The molecule has 124 valence electrons. The molecule has 0 unspecified atom stereocenters. The van der Waals surface area contributed by atoms with Gasteiger partial charge in [-0.05, 0) is 33.1 Å². The van der Waals surface area contributed by atoms with Crippen LogP contribution in [0, 0.1) is 5.92 Å². The Morgan fingerprint density at radius 3 is 2.19 bits per heavy atom. The van der Waals surface area contributed by atoms with E-state index in [0.717, 1.165) is 18.8 Å². The highest BCUT2D eigenvalue weighted by atomic mass is 16.6. The highest BCUT2D eigenvalue weighted by Gasteiger charge is 2.16. The summed E-state index contributed by atoms with van der Waals surface area (Å²) in [7, 11) is 0. The summed E-state index contributed by atoms with van der Waals surface area (Å²) in [5, 5.41) is 2.85. The second kappa shape index (κ2) is 10.6. The third-order valence-corrected chi connectivity index (χ3v) is 3.01. The zero-order chi connectivity index (χ0) is 16.3. The monoisotopic (exact) mass is 299 g/mol. The van der Waals surface area contributed by atoms with E-state index in [1.165, 1.54) is 19.3 Å². The Morgan fingerprint density at radius 1 is 1.00 bits per heavy atom. The molecule has 0 aliphatic carbocycles. The number of carbonyl (C=O) groups is 2. The molecule has 0 spiro atoms. The summed E-state index contributed by atoms with van der Waals surface area (Å²) in [5.74, 6) is 0.395. The van der Waals surface area contributed by atoms with Crippen LogP contribution >= 0.6 is 0 Å². The summed E-state index contributed by atoms with van der Waals surface area (Å²) >= 11 is 0. The third-order valence-electron chi connectivity index (χ3n) is 3.01. The number of unbranched alkanes of at least 4 members (excludes halogenated alkanes) is 3. The number of hydrogen-bond acceptors (Lipinski definition) is 3. The van der Waals surface area contributed by atoms with Crippen LogP contribution in [0.2, 0.25) is 0 Å². The van der Waals surface area contributed by atoms with Crippen molar-refractivity contribution in [2.45, 2.75) is 85.2 Å². The van der Waals surface area contributed by atoms with Crippen LogP contribution in [0.15, 0.2) is 0 Å². The minimum Gasteiger partial charge on any atom is -0.460 e. The summed E-state index contributed by atoms with van der Waals surface area (Å²) in [4.78, 5) is 23.0. The number of ether oxygens (including phenoxy) is 1. The summed E-state index contributed by atoms with van der Waals surface area (Å²) in [6.07, 6.45) is 6.30. The Kier molecular flexibility index (Phi) is 10.1. The van der Waals surface area contributed by atoms with E-state index in [9.17, 15) is 9.59 Å². The zero-order valence-electron chi connectivity index (χ0n) is 14.5. The van der Waals surface area contributed by atoms with Gasteiger partial charge in [0.2, 0.25) is 5.91 Å². The molecule has 0 saturated heterocycles. The van der Waals surface area contributed by atoms with Crippen molar-refractivity contribution in [2.24, 2.45) is 5.92 Å². The molecule has 0 fully saturated rings. The van der Waals surface area contributed by atoms with Crippen molar-refractivity contribution in [3.63, 3.8) is 0 Å². The van der Waals surface area contributed by atoms with Gasteiger partial charge in [0, 0.05) is 13.0 Å². The molecule has 4 nitrogen and oxygen atoms in total. The molecule has 0 heterocycles. The van der Waals surface area contributed by atoms with E-state index in [0.29, 0.717) is 6.54 Å². The van der Waals surface area contributed by atoms with E-state index < -0.39 is 5.60 Å². The largest absolute Gasteiger partial charge is 0.460 e. The van der Waals surface area contributed by atoms with Crippen molar-refractivity contribution < 1.29 is 14.3 Å². The normalized spacial score (nSPS) is 11.5. The van der Waals surface area contributed by atoms with Crippen LogP contribution in [-0.2, 0) is 14.3 Å². The average molecular weight is 299 g/mol. The molecule has 0 aliphatic rings. The molecule has 0 radical (unpaired) electrons. The minimum absolute atomic E-state index is 0.0666. The molecule has 21 heavy (non-hydrogen) atoms. The molecule has 0 aromatic heterocycles. The predicted octanol–water partition coefficient (Wildman–Crippen LogP) is 3.83. The van der Waals surface area contributed by atoms with Gasteiger partial charge in [-0.2, -0.15) is 0 Å². The summed E-state index contributed by atoms with van der Waals surface area (Å²) in [6.45, 7) is 10.7. The van der Waals surface area contributed by atoms with Gasteiger partial charge in [-0.15, -0.1) is 0 Å². The van der Waals surface area contributed by atoms with Crippen LogP contribution in [0.4, 0.5) is 0 Å². The predicted molar refractivity (Wildman–Crippen MR) is 86.0 cm³/mol. The molecule has 0 aromatic rings. The van der Waals surface area contributed by atoms with E-state index in [1.54, 1.807) is 0 Å². The van der Waals surface area contributed by atoms with Gasteiger partial charge >= 0.3 is 5.97 Å². The quantitative estimate of drug-likeness (QED) is 0.492. The van der Waals surface area contributed by atoms with Gasteiger partial charge < -0.3 is 10.1 Å². The Labute approximate surface area is 130 Å². The van der Waals surface area contributed by atoms with Gasteiger partial charge in [0.25, 0.3) is 0 Å². The lowest BCUT2D eigenvalue weighted by atomic mass is 10.0. The maximum atomic E-state index is 11.6. The lowest BCUT2D eigenvalue weighted by Crippen LogP contribution is -2.27. The smallest absolute Gasteiger partial charge is 0.306 e. The minimum atomic E-state index is -0.483. The Morgan fingerprint density at radius 2 is 1.62 bits per heavy atom. The Bertz CT molecular complexity index is 306. The first kappa shape index (κ1) is 19.9. The average Bonchev–Trinajstić information content (AvgIpc) is 2.32. The van der Waals surface area contributed by atoms with Crippen molar-refractivity contribution in [3.8, 4) is 0 Å². The molecular weight excluding hydrogens is 266 g/mol. The molecule has 4 heteroatoms. The van der Waals surface area contributed by atoms with E-state index in [4.69, 9.17) is 4.74 Å². The number of carbonyl (C=O) groups excluding carboxylic acids is 2. The van der Waals surface area contributed by atoms with Gasteiger partial charge in [-0.25, -0.2) is 0 Å². The molecule has 1 amide bonds. The van der Waals surface area contributed by atoms with Crippen molar-refractivity contribution in [2.75, 3.05) is 6.54 Å². The van der Waals surface area contributed by atoms with Crippen molar-refractivity contribution >= 4 is 11.9 Å². The molecule has 0 bridgehead atoms. The van der Waals surface area contributed by atoms with Crippen LogP contribution in [0.1, 0.15) is 79.6 Å². The van der Waals surface area contributed by atoms with Crippen LogP contribution in [0.3, 0.4) is 0 Å². The summed E-state index contributed by atoms with van der Waals surface area (Å²) in [6, 6.07) is 0. The fourth-order valence-electron chi connectivity index (χ4n) is 1.96. The fraction of sp³-hybridized carbons (Fsp3) is 0.882. The zero-order valence-corrected chi connectivity index (χ0v) is 14.5. The first-order valence-electron chi connectivity index (χ1n) is 8.19. The van der Waals surface area contributed by atoms with E-state index >= 15 is 0 Å². The number of nitrogens with one attached hydrogen (secondary N) is 1. The Balaban J connectivity index is 3.49. The fourth-order valence-corrected chi connectivity index (χ4v) is 1.96. The third kappa shape index (κ3) is 15.2. The first-order chi connectivity index (χ1) is 9.70. The van der Waals surface area contributed by atoms with Crippen LogP contribution in [0.5, 0.6) is 0 Å². The number of esters is 1. The Hall–Kier alpha value is -1.06. The van der Waals surface area contributed by atoms with Crippen LogP contribution in [-0.4, -0.2) is 24.0 Å². The molecule has 0 atom stereocenters. The van der Waals surface area contributed by atoms with E-state index in [2.05, 4.69) is 19.2 Å². The van der Waals surface area contributed by atoms with Gasteiger partial charge in [-0.3, -0.25) is 9.59 Å². The summed E-state index contributed by atoms with van der Waals surface area (Å²) in [5.41, 5.74) is -0.483. The maximum Gasteiger partial charge on any atom is 0.306 e. The topological polar surface area (TPSA) is 55.4 Å². The van der Waals surface area contributed by atoms with Gasteiger partial charge in [-0.1, -0.05) is 39.5 Å². The number of hydrogen-bond donors (Lipinski definition) is 1. The lowest BCUT2D eigenvalue weighted by molar-refractivity contribution is -0.155. The van der Waals surface area contributed by atoms with Gasteiger partial charge in [0.1, 0.15) is 5.60 Å². The second-order valence-electron chi connectivity index (χ2n) is 7.03.